The lowest BCUT2D eigenvalue weighted by Gasteiger charge is -2.22. The minimum absolute atomic E-state index is 0.329. The van der Waals surface area contributed by atoms with Crippen LogP contribution in [0.2, 0.25) is 0 Å². The molecule has 1 heterocycles. The normalized spacial score (nSPS) is 18.8. The molecule has 2 aromatic rings. The van der Waals surface area contributed by atoms with E-state index in [-0.39, 0.29) is 0 Å². The largest absolute Gasteiger partial charge is 0.497 e. The number of benzene rings is 2. The number of para-hydroxylation sites is 1. The summed E-state index contributed by atoms with van der Waals surface area (Å²) in [4.78, 5) is 0. The number of methoxy groups -OCH3 is 1. The molecule has 0 saturated heterocycles. The molecule has 19 heavy (non-hydrogen) atoms. The van der Waals surface area contributed by atoms with Gasteiger partial charge in [0.1, 0.15) is 11.5 Å². The van der Waals surface area contributed by atoms with Crippen molar-refractivity contribution in [1.29, 1.82) is 0 Å². The summed E-state index contributed by atoms with van der Waals surface area (Å²) in [5.74, 6) is 2.21. The van der Waals surface area contributed by atoms with Crippen molar-refractivity contribution in [1.82, 2.24) is 0 Å². The molecule has 1 aliphatic heterocycles. The third-order valence-electron chi connectivity index (χ3n) is 4.00. The van der Waals surface area contributed by atoms with Gasteiger partial charge >= 0.3 is 0 Å². The van der Waals surface area contributed by atoms with Crippen molar-refractivity contribution >= 4 is 0 Å². The van der Waals surface area contributed by atoms with Gasteiger partial charge in [0.05, 0.1) is 13.4 Å². The second-order valence-corrected chi connectivity index (χ2v) is 5.02. The highest BCUT2D eigenvalue weighted by atomic mass is 16.5. The van der Waals surface area contributed by atoms with Crippen molar-refractivity contribution in [3.8, 4) is 11.5 Å². The first-order valence-corrected chi connectivity index (χ1v) is 6.48. The van der Waals surface area contributed by atoms with E-state index in [1.807, 2.05) is 24.5 Å². The lowest BCUT2D eigenvalue weighted by Crippen LogP contribution is -2.07. The number of rotatable bonds is 1. The Balaban J connectivity index is 1.92. The number of hydrogen-bond acceptors (Lipinski definition) is 2. The van der Waals surface area contributed by atoms with Crippen LogP contribution in [0, 0.1) is 0 Å². The number of fused-ring (bicyclic) bond motifs is 5. The first-order valence-electron chi connectivity index (χ1n) is 6.48. The van der Waals surface area contributed by atoms with Crippen LogP contribution < -0.4 is 9.47 Å². The average molecular weight is 250 g/mol. The number of hydrogen-bond donors (Lipinski definition) is 0. The van der Waals surface area contributed by atoms with Crippen molar-refractivity contribution in [3.05, 3.63) is 71.0 Å². The summed E-state index contributed by atoms with van der Waals surface area (Å²) >= 11 is 0. The van der Waals surface area contributed by atoms with Crippen LogP contribution in [-0.4, -0.2) is 7.11 Å². The van der Waals surface area contributed by atoms with Crippen LogP contribution in [0.4, 0.5) is 0 Å². The van der Waals surface area contributed by atoms with E-state index in [0.717, 1.165) is 17.9 Å². The zero-order valence-corrected chi connectivity index (χ0v) is 10.7. The molecule has 1 unspecified atom stereocenters. The molecule has 0 N–H and O–H groups in total. The Morgan fingerprint density at radius 1 is 1.11 bits per heavy atom. The van der Waals surface area contributed by atoms with E-state index in [2.05, 4.69) is 24.3 Å². The number of allylic oxidation sites excluding steroid dienone is 1. The Bertz CT molecular complexity index is 685. The minimum atomic E-state index is 0.329. The van der Waals surface area contributed by atoms with E-state index in [1.165, 1.54) is 22.3 Å². The molecule has 0 radical (unpaired) electrons. The van der Waals surface area contributed by atoms with Crippen LogP contribution in [0.25, 0.3) is 0 Å². The molecule has 0 saturated carbocycles. The molecule has 4 rings (SSSR count). The standard InChI is InChI=1S/C17H14O2/c1-18-13-7-6-11-8-12-10-19-16-5-3-2-4-14(16)17(12)15(11)9-13/h2-7,9-10,17H,8H2,1H3. The van der Waals surface area contributed by atoms with E-state index in [4.69, 9.17) is 9.47 Å². The molecule has 0 aromatic heterocycles. The molecule has 0 spiro atoms. The summed E-state index contributed by atoms with van der Waals surface area (Å²) in [5, 5.41) is 0. The van der Waals surface area contributed by atoms with Gasteiger partial charge in [-0.15, -0.1) is 0 Å². The fourth-order valence-electron chi connectivity index (χ4n) is 3.09. The zero-order valence-electron chi connectivity index (χ0n) is 10.7. The van der Waals surface area contributed by atoms with Gasteiger partial charge in [-0.25, -0.2) is 0 Å². The summed E-state index contributed by atoms with van der Waals surface area (Å²) in [7, 11) is 1.71. The molecule has 2 aromatic carbocycles. The van der Waals surface area contributed by atoms with Gasteiger partial charge in [-0.3, -0.25) is 0 Å². The van der Waals surface area contributed by atoms with Gasteiger partial charge in [-0.1, -0.05) is 24.3 Å². The lowest BCUT2D eigenvalue weighted by atomic mass is 9.88. The van der Waals surface area contributed by atoms with E-state index in [0.29, 0.717) is 5.92 Å². The van der Waals surface area contributed by atoms with Crippen molar-refractivity contribution in [3.63, 3.8) is 0 Å². The summed E-state index contributed by atoms with van der Waals surface area (Å²) in [5.41, 5.74) is 5.31. The summed E-state index contributed by atoms with van der Waals surface area (Å²) in [6, 6.07) is 14.6. The Labute approximate surface area is 112 Å². The zero-order chi connectivity index (χ0) is 12.8. The summed E-state index contributed by atoms with van der Waals surface area (Å²) in [6.07, 6.45) is 2.89. The minimum Gasteiger partial charge on any atom is -0.497 e. The van der Waals surface area contributed by atoms with Gasteiger partial charge in [0.15, 0.2) is 0 Å². The maximum Gasteiger partial charge on any atom is 0.130 e. The van der Waals surface area contributed by atoms with Gasteiger partial charge in [0, 0.05) is 11.5 Å². The highest BCUT2D eigenvalue weighted by molar-refractivity contribution is 5.58. The van der Waals surface area contributed by atoms with Gasteiger partial charge in [0.2, 0.25) is 0 Å². The highest BCUT2D eigenvalue weighted by Gasteiger charge is 2.33. The lowest BCUT2D eigenvalue weighted by molar-refractivity contribution is 0.414. The fourth-order valence-corrected chi connectivity index (χ4v) is 3.09. The molecule has 0 amide bonds. The maximum absolute atomic E-state index is 5.73. The molecular formula is C17H14O2. The van der Waals surface area contributed by atoms with Crippen molar-refractivity contribution in [2.24, 2.45) is 0 Å². The Morgan fingerprint density at radius 2 is 2.00 bits per heavy atom. The van der Waals surface area contributed by atoms with Crippen LogP contribution in [-0.2, 0) is 6.42 Å². The first-order chi connectivity index (χ1) is 9.36. The third-order valence-corrected chi connectivity index (χ3v) is 4.00. The van der Waals surface area contributed by atoms with Crippen LogP contribution in [0.1, 0.15) is 22.6 Å². The topological polar surface area (TPSA) is 18.5 Å². The smallest absolute Gasteiger partial charge is 0.130 e. The molecule has 0 bridgehead atoms. The molecule has 2 heteroatoms. The van der Waals surface area contributed by atoms with Crippen molar-refractivity contribution < 1.29 is 9.47 Å². The van der Waals surface area contributed by atoms with Crippen LogP contribution >= 0.6 is 0 Å². The van der Waals surface area contributed by atoms with Gasteiger partial charge < -0.3 is 9.47 Å². The quantitative estimate of drug-likeness (QED) is 0.769. The van der Waals surface area contributed by atoms with Gasteiger partial charge in [-0.05, 0) is 41.3 Å². The molecular weight excluding hydrogens is 236 g/mol. The number of ether oxygens (including phenoxy) is 2. The molecule has 2 nitrogen and oxygen atoms in total. The molecule has 2 aliphatic rings. The van der Waals surface area contributed by atoms with Crippen LogP contribution in [0.15, 0.2) is 54.3 Å². The monoisotopic (exact) mass is 250 g/mol. The predicted octanol–water partition coefficient (Wildman–Crippen LogP) is 3.66. The van der Waals surface area contributed by atoms with Crippen LogP contribution in [0.5, 0.6) is 11.5 Å². The Hall–Kier alpha value is -2.22. The average Bonchev–Trinajstić information content (AvgIpc) is 2.85. The molecule has 94 valence electrons. The second-order valence-electron chi connectivity index (χ2n) is 5.02. The van der Waals surface area contributed by atoms with Gasteiger partial charge in [-0.2, -0.15) is 0 Å². The van der Waals surface area contributed by atoms with Crippen LogP contribution in [0.3, 0.4) is 0 Å². The Morgan fingerprint density at radius 3 is 2.89 bits per heavy atom. The fraction of sp³-hybridized carbons (Fsp3) is 0.176. The van der Waals surface area contributed by atoms with Crippen molar-refractivity contribution in [2.75, 3.05) is 7.11 Å². The second kappa shape index (κ2) is 3.89. The van der Waals surface area contributed by atoms with E-state index in [9.17, 15) is 0 Å². The van der Waals surface area contributed by atoms with E-state index < -0.39 is 0 Å². The Kier molecular flexibility index (Phi) is 2.18. The van der Waals surface area contributed by atoms with E-state index in [1.54, 1.807) is 7.11 Å². The highest BCUT2D eigenvalue weighted by Crippen LogP contribution is 2.48. The van der Waals surface area contributed by atoms with Crippen molar-refractivity contribution in [2.45, 2.75) is 12.3 Å². The van der Waals surface area contributed by atoms with E-state index >= 15 is 0 Å². The first kappa shape index (κ1) is 10.7. The van der Waals surface area contributed by atoms with Gasteiger partial charge in [0.25, 0.3) is 0 Å². The molecule has 0 fully saturated rings. The molecule has 1 aliphatic carbocycles. The molecule has 1 atom stereocenters. The summed E-state index contributed by atoms with van der Waals surface area (Å²) in [6.45, 7) is 0. The summed E-state index contributed by atoms with van der Waals surface area (Å²) < 4.78 is 11.1. The SMILES string of the molecule is COc1ccc2c(c1)C1C(=COc3ccccc31)C2. The third kappa shape index (κ3) is 1.49. The maximum atomic E-state index is 5.73. The predicted molar refractivity (Wildman–Crippen MR) is 73.7 cm³/mol.